The summed E-state index contributed by atoms with van der Waals surface area (Å²) in [4.78, 5) is 0.352. The molecule has 0 radical (unpaired) electrons. The number of benzene rings is 1. The number of hydrogen-bond acceptors (Lipinski definition) is 5. The van der Waals surface area contributed by atoms with Crippen LogP contribution in [-0.4, -0.2) is 36.0 Å². The molecule has 0 saturated carbocycles. The van der Waals surface area contributed by atoms with E-state index in [1.165, 1.54) is 4.31 Å². The van der Waals surface area contributed by atoms with E-state index in [0.717, 1.165) is 5.56 Å². The van der Waals surface area contributed by atoms with Crippen LogP contribution >= 0.6 is 0 Å². The fourth-order valence-electron chi connectivity index (χ4n) is 2.68. The van der Waals surface area contributed by atoms with Crippen molar-refractivity contribution in [1.29, 1.82) is 0 Å². The highest BCUT2D eigenvalue weighted by Crippen LogP contribution is 2.29. The van der Waals surface area contributed by atoms with Gasteiger partial charge in [-0.3, -0.25) is 0 Å². The summed E-state index contributed by atoms with van der Waals surface area (Å²) in [5, 5.41) is 7.88. The molecule has 1 aromatic carbocycles. The first-order valence-electron chi connectivity index (χ1n) is 7.33. The minimum absolute atomic E-state index is 0.144. The van der Waals surface area contributed by atoms with Crippen LogP contribution in [0.3, 0.4) is 0 Å². The molecular weight excluding hydrogens is 302 g/mol. The van der Waals surface area contributed by atoms with E-state index in [-0.39, 0.29) is 5.92 Å². The third-order valence-electron chi connectivity index (χ3n) is 4.00. The number of rotatable bonds is 3. The van der Waals surface area contributed by atoms with Gasteiger partial charge < -0.3 is 4.42 Å². The fourth-order valence-corrected chi connectivity index (χ4v) is 4.15. The Bertz CT molecular complexity index is 745. The smallest absolute Gasteiger partial charge is 0.243 e. The number of nitrogens with zero attached hydrogens (tertiary/aromatic N) is 3. The van der Waals surface area contributed by atoms with Crippen molar-refractivity contribution in [3.63, 3.8) is 0 Å². The van der Waals surface area contributed by atoms with Crippen molar-refractivity contribution in [2.24, 2.45) is 0 Å². The van der Waals surface area contributed by atoms with Gasteiger partial charge >= 0.3 is 0 Å². The zero-order valence-electron chi connectivity index (χ0n) is 12.7. The zero-order valence-corrected chi connectivity index (χ0v) is 13.5. The number of aryl methyl sites for hydroxylation is 2. The van der Waals surface area contributed by atoms with Gasteiger partial charge in [-0.25, -0.2) is 8.42 Å². The molecule has 0 aliphatic carbocycles. The molecular formula is C15H19N3O3S. The second-order valence-corrected chi connectivity index (χ2v) is 7.59. The molecule has 118 valence electrons. The fraction of sp³-hybridized carbons (Fsp3) is 0.467. The summed E-state index contributed by atoms with van der Waals surface area (Å²) in [5.74, 6) is 1.31. The van der Waals surface area contributed by atoms with Crippen molar-refractivity contribution in [2.75, 3.05) is 13.1 Å². The number of aromatic nitrogens is 2. The molecule has 1 saturated heterocycles. The Morgan fingerprint density at radius 3 is 2.27 bits per heavy atom. The molecule has 7 heteroatoms. The van der Waals surface area contributed by atoms with Crippen molar-refractivity contribution in [3.05, 3.63) is 41.6 Å². The molecule has 22 heavy (non-hydrogen) atoms. The van der Waals surface area contributed by atoms with Gasteiger partial charge in [-0.15, -0.1) is 10.2 Å². The predicted octanol–water partition coefficient (Wildman–Crippen LogP) is 2.25. The highest BCUT2D eigenvalue weighted by atomic mass is 32.2. The molecule has 2 heterocycles. The van der Waals surface area contributed by atoms with Crippen LogP contribution < -0.4 is 0 Å². The Hall–Kier alpha value is -1.73. The molecule has 2 aromatic rings. The van der Waals surface area contributed by atoms with Crippen molar-refractivity contribution in [3.8, 4) is 0 Å². The molecule has 0 spiro atoms. The highest BCUT2D eigenvalue weighted by molar-refractivity contribution is 7.89. The summed E-state index contributed by atoms with van der Waals surface area (Å²) in [6.45, 7) is 4.65. The third kappa shape index (κ3) is 2.91. The van der Waals surface area contributed by atoms with Crippen molar-refractivity contribution >= 4 is 10.0 Å². The molecule has 1 fully saturated rings. The van der Waals surface area contributed by atoms with E-state index in [1.807, 2.05) is 19.1 Å². The van der Waals surface area contributed by atoms with Crippen LogP contribution in [0.2, 0.25) is 0 Å². The van der Waals surface area contributed by atoms with Gasteiger partial charge in [-0.05, 0) is 31.9 Å². The van der Waals surface area contributed by atoms with Gasteiger partial charge in [0.15, 0.2) is 0 Å². The van der Waals surface area contributed by atoms with E-state index < -0.39 is 10.0 Å². The first kappa shape index (κ1) is 15.2. The Balaban J connectivity index is 1.71. The van der Waals surface area contributed by atoms with E-state index in [1.54, 1.807) is 19.1 Å². The van der Waals surface area contributed by atoms with Crippen molar-refractivity contribution in [2.45, 2.75) is 37.5 Å². The molecule has 0 unspecified atom stereocenters. The zero-order chi connectivity index (χ0) is 15.7. The van der Waals surface area contributed by atoms with Crippen LogP contribution in [0.25, 0.3) is 0 Å². The summed E-state index contributed by atoms with van der Waals surface area (Å²) in [5.41, 5.74) is 1.05. The predicted molar refractivity (Wildman–Crippen MR) is 80.9 cm³/mol. The van der Waals surface area contributed by atoms with E-state index in [2.05, 4.69) is 10.2 Å². The Morgan fingerprint density at radius 2 is 1.73 bits per heavy atom. The Labute approximate surface area is 130 Å². The van der Waals surface area contributed by atoms with Gasteiger partial charge in [0.05, 0.1) is 4.90 Å². The van der Waals surface area contributed by atoms with Crippen LogP contribution in [-0.2, 0) is 10.0 Å². The quantitative estimate of drug-likeness (QED) is 0.866. The first-order chi connectivity index (χ1) is 10.5. The van der Waals surface area contributed by atoms with Gasteiger partial charge in [0.25, 0.3) is 0 Å². The maximum Gasteiger partial charge on any atom is 0.243 e. The Kier molecular flexibility index (Phi) is 4.01. The third-order valence-corrected chi connectivity index (χ3v) is 5.92. The average Bonchev–Trinajstić information content (AvgIpc) is 2.94. The number of piperidine rings is 1. The maximum atomic E-state index is 12.6. The van der Waals surface area contributed by atoms with Crippen molar-refractivity contribution in [1.82, 2.24) is 14.5 Å². The lowest BCUT2D eigenvalue weighted by Crippen LogP contribution is -2.37. The molecule has 0 atom stereocenters. The molecule has 3 rings (SSSR count). The maximum absolute atomic E-state index is 12.6. The topological polar surface area (TPSA) is 76.3 Å². The molecule has 0 bridgehead atoms. The minimum Gasteiger partial charge on any atom is -0.425 e. The Morgan fingerprint density at radius 1 is 1.09 bits per heavy atom. The van der Waals surface area contributed by atoms with E-state index in [0.29, 0.717) is 42.6 Å². The summed E-state index contributed by atoms with van der Waals surface area (Å²) in [6.07, 6.45) is 1.40. The lowest BCUT2D eigenvalue weighted by Gasteiger charge is -2.29. The molecule has 1 aromatic heterocycles. The lowest BCUT2D eigenvalue weighted by molar-refractivity contribution is 0.288. The average molecular weight is 321 g/mol. The van der Waals surface area contributed by atoms with Crippen LogP contribution in [0.15, 0.2) is 33.6 Å². The number of sulfonamides is 1. The highest BCUT2D eigenvalue weighted by Gasteiger charge is 2.31. The van der Waals surface area contributed by atoms with E-state index in [9.17, 15) is 8.42 Å². The molecule has 1 aliphatic heterocycles. The van der Waals surface area contributed by atoms with Crippen LogP contribution in [0.1, 0.15) is 36.1 Å². The second-order valence-electron chi connectivity index (χ2n) is 5.65. The minimum atomic E-state index is -3.41. The summed E-state index contributed by atoms with van der Waals surface area (Å²) < 4.78 is 32.2. The van der Waals surface area contributed by atoms with E-state index in [4.69, 9.17) is 4.42 Å². The molecule has 0 amide bonds. The van der Waals surface area contributed by atoms with Crippen molar-refractivity contribution < 1.29 is 12.8 Å². The summed E-state index contributed by atoms with van der Waals surface area (Å²) in [7, 11) is -3.41. The van der Waals surface area contributed by atoms with Gasteiger partial charge in [-0.2, -0.15) is 4.31 Å². The largest absolute Gasteiger partial charge is 0.425 e. The van der Waals surface area contributed by atoms with Gasteiger partial charge in [0.2, 0.25) is 21.8 Å². The summed E-state index contributed by atoms with van der Waals surface area (Å²) >= 11 is 0. The first-order valence-corrected chi connectivity index (χ1v) is 8.77. The molecule has 1 aliphatic rings. The number of hydrogen-bond donors (Lipinski definition) is 0. The monoisotopic (exact) mass is 321 g/mol. The standard InChI is InChI=1S/C15H19N3O3S/c1-11-3-5-14(6-4-11)22(19,20)18-9-7-13(8-10-18)15-17-16-12(2)21-15/h3-6,13H,7-10H2,1-2H3. The van der Waals surface area contributed by atoms with Gasteiger partial charge in [0, 0.05) is 25.9 Å². The van der Waals surface area contributed by atoms with Gasteiger partial charge in [0.1, 0.15) is 0 Å². The molecule has 6 nitrogen and oxygen atoms in total. The summed E-state index contributed by atoms with van der Waals surface area (Å²) in [6, 6.07) is 6.97. The van der Waals surface area contributed by atoms with Gasteiger partial charge in [-0.1, -0.05) is 17.7 Å². The van der Waals surface area contributed by atoms with Crippen LogP contribution in [0, 0.1) is 13.8 Å². The van der Waals surface area contributed by atoms with Crippen LogP contribution in [0.4, 0.5) is 0 Å². The normalized spacial score (nSPS) is 17.7. The second kappa shape index (κ2) is 5.81. The lowest BCUT2D eigenvalue weighted by atomic mass is 9.98. The van der Waals surface area contributed by atoms with E-state index >= 15 is 0 Å². The van der Waals surface area contributed by atoms with Crippen LogP contribution in [0.5, 0.6) is 0 Å². The molecule has 0 N–H and O–H groups in total. The SMILES string of the molecule is Cc1ccc(S(=O)(=O)N2CCC(c3nnc(C)o3)CC2)cc1.